The van der Waals surface area contributed by atoms with Crippen molar-refractivity contribution < 1.29 is 27.1 Å². The topological polar surface area (TPSA) is 165 Å². The molecule has 41 heavy (non-hydrogen) atoms. The molecule has 0 bridgehead atoms. The number of hydrogen-bond donors (Lipinski definition) is 3. The largest absolute Gasteiger partial charge is 0.365 e. The van der Waals surface area contributed by atoms with Crippen molar-refractivity contribution >= 4 is 49.4 Å². The highest BCUT2D eigenvalue weighted by Gasteiger charge is 2.41. The van der Waals surface area contributed by atoms with Crippen LogP contribution in [0.15, 0.2) is 56.7 Å². The van der Waals surface area contributed by atoms with Gasteiger partial charge >= 0.3 is 5.97 Å². The standard InChI is InChI=1S/C26H29BrFN7O5S/c1-15-6-8-16(9-7-15)26(36)39-33-24(30-18-10-11-21(28)20(27)12-18)23-25(34-40-32-23)31-22-14-35(41(29,37)38)13-17-4-2-3-5-19(17)22/h6-12,17,19,22H,2-5,13-14H2,1H3,(H,30,33)(H,31,34)(H2,29,37,38). The Morgan fingerprint density at radius 2 is 1.93 bits per heavy atom. The van der Waals surface area contributed by atoms with Crippen LogP contribution in [-0.4, -0.2) is 54.0 Å². The van der Waals surface area contributed by atoms with E-state index >= 15 is 0 Å². The number of nitrogens with zero attached hydrogens (tertiary/aromatic N) is 4. The number of rotatable bonds is 7. The van der Waals surface area contributed by atoms with Gasteiger partial charge in [0.1, 0.15) is 5.82 Å². The molecule has 2 aromatic carbocycles. The molecule has 1 saturated carbocycles. The molecule has 3 atom stereocenters. The van der Waals surface area contributed by atoms with Crippen LogP contribution in [0.3, 0.4) is 0 Å². The number of aromatic nitrogens is 2. The maximum Gasteiger partial charge on any atom is 0.365 e. The van der Waals surface area contributed by atoms with Crippen molar-refractivity contribution in [2.45, 2.75) is 38.6 Å². The fourth-order valence-corrected chi connectivity index (χ4v) is 6.47. The van der Waals surface area contributed by atoms with Crippen LogP contribution < -0.4 is 15.8 Å². The molecule has 4 N–H and O–H groups in total. The van der Waals surface area contributed by atoms with E-state index in [0.717, 1.165) is 31.2 Å². The molecule has 1 aliphatic heterocycles. The highest BCUT2D eigenvalue weighted by Crippen LogP contribution is 2.38. The van der Waals surface area contributed by atoms with Gasteiger partial charge in [-0.25, -0.2) is 19.0 Å². The molecule has 0 radical (unpaired) electrons. The Bertz CT molecular complexity index is 1550. The number of nitrogens with one attached hydrogen (secondary N) is 2. The van der Waals surface area contributed by atoms with Gasteiger partial charge in [0.2, 0.25) is 11.7 Å². The average molecular weight is 651 g/mol. The summed E-state index contributed by atoms with van der Waals surface area (Å²) < 4.78 is 44.9. The monoisotopic (exact) mass is 649 g/mol. The fourth-order valence-electron chi connectivity index (χ4n) is 5.32. The Kier molecular flexibility index (Phi) is 8.68. The maximum atomic E-state index is 13.9. The van der Waals surface area contributed by atoms with Crippen LogP contribution in [0.25, 0.3) is 0 Å². The van der Waals surface area contributed by atoms with E-state index in [1.54, 1.807) is 24.3 Å². The molecule has 0 spiro atoms. The summed E-state index contributed by atoms with van der Waals surface area (Å²) >= 11 is 3.15. The number of amidine groups is 1. The summed E-state index contributed by atoms with van der Waals surface area (Å²) in [6.45, 7) is 2.40. The van der Waals surface area contributed by atoms with E-state index in [1.807, 2.05) is 6.92 Å². The molecule has 15 heteroatoms. The van der Waals surface area contributed by atoms with Crippen LogP contribution in [-0.2, 0) is 15.0 Å². The lowest BCUT2D eigenvalue weighted by Crippen LogP contribution is -2.56. The summed E-state index contributed by atoms with van der Waals surface area (Å²) in [5.74, 6) is -0.760. The summed E-state index contributed by atoms with van der Waals surface area (Å²) in [6.07, 6.45) is 3.85. The Labute approximate surface area is 244 Å². The van der Waals surface area contributed by atoms with E-state index < -0.39 is 22.0 Å². The van der Waals surface area contributed by atoms with Crippen molar-refractivity contribution in [2.24, 2.45) is 22.1 Å². The van der Waals surface area contributed by atoms with Crippen molar-refractivity contribution in [3.63, 3.8) is 0 Å². The van der Waals surface area contributed by atoms with Gasteiger partial charge in [-0.05, 0) is 88.2 Å². The minimum Gasteiger partial charge on any atom is -0.361 e. The molecular formula is C26H29BrFN7O5S. The average Bonchev–Trinajstić information content (AvgIpc) is 3.40. The van der Waals surface area contributed by atoms with Crippen LogP contribution in [0.5, 0.6) is 0 Å². The maximum absolute atomic E-state index is 13.9. The Morgan fingerprint density at radius 3 is 2.66 bits per heavy atom. The molecule has 3 aromatic rings. The third kappa shape index (κ3) is 6.92. The first kappa shape index (κ1) is 29.1. The van der Waals surface area contributed by atoms with E-state index in [2.05, 4.69) is 42.0 Å². The highest BCUT2D eigenvalue weighted by atomic mass is 79.9. The molecule has 1 aromatic heterocycles. The molecule has 5 rings (SSSR count). The van der Waals surface area contributed by atoms with Crippen molar-refractivity contribution in [2.75, 3.05) is 23.7 Å². The van der Waals surface area contributed by atoms with Gasteiger partial charge in [0.05, 0.1) is 10.0 Å². The quantitative estimate of drug-likeness (QED) is 0.148. The number of benzene rings is 2. The van der Waals surface area contributed by atoms with Gasteiger partial charge in [-0.1, -0.05) is 35.7 Å². The molecular weight excluding hydrogens is 621 g/mol. The molecule has 12 nitrogen and oxygen atoms in total. The number of anilines is 2. The molecule has 0 amide bonds. The van der Waals surface area contributed by atoms with Crippen molar-refractivity contribution in [3.8, 4) is 0 Å². The summed E-state index contributed by atoms with van der Waals surface area (Å²) in [4.78, 5) is 17.9. The van der Waals surface area contributed by atoms with Crippen LogP contribution in [0, 0.1) is 24.6 Å². The zero-order valence-electron chi connectivity index (χ0n) is 22.1. The van der Waals surface area contributed by atoms with E-state index in [1.165, 1.54) is 22.5 Å². The number of aryl methyl sites for hydroxylation is 1. The first-order valence-corrected chi connectivity index (χ1v) is 15.3. The molecule has 1 aliphatic carbocycles. The Hall–Kier alpha value is -3.40. The third-order valence-corrected chi connectivity index (χ3v) is 9.03. The number of halogens is 2. The molecule has 1 saturated heterocycles. The second-order valence-corrected chi connectivity index (χ2v) is 12.6. The van der Waals surface area contributed by atoms with Crippen molar-refractivity contribution in [1.82, 2.24) is 14.6 Å². The van der Waals surface area contributed by atoms with Crippen molar-refractivity contribution in [3.05, 3.63) is 69.6 Å². The molecule has 2 fully saturated rings. The predicted octanol–water partition coefficient (Wildman–Crippen LogP) is 4.02. The van der Waals surface area contributed by atoms with E-state index in [4.69, 9.17) is 14.6 Å². The van der Waals surface area contributed by atoms with Crippen LogP contribution in [0.4, 0.5) is 15.9 Å². The number of fused-ring (bicyclic) bond motifs is 1. The second kappa shape index (κ2) is 12.2. The van der Waals surface area contributed by atoms with Gasteiger partial charge < -0.3 is 15.5 Å². The number of nitrogens with two attached hydrogens (primary N) is 1. The Morgan fingerprint density at radius 1 is 1.17 bits per heavy atom. The predicted molar refractivity (Wildman–Crippen MR) is 153 cm³/mol. The lowest BCUT2D eigenvalue weighted by atomic mass is 9.73. The summed E-state index contributed by atoms with van der Waals surface area (Å²) in [7, 11) is -3.91. The summed E-state index contributed by atoms with van der Waals surface area (Å²) in [5.41, 5.74) is 1.74. The van der Waals surface area contributed by atoms with Gasteiger partial charge in [-0.3, -0.25) is 0 Å². The molecule has 2 aliphatic rings. The van der Waals surface area contributed by atoms with Gasteiger partial charge in [0.15, 0.2) is 5.69 Å². The third-order valence-electron chi connectivity index (χ3n) is 7.41. The lowest BCUT2D eigenvalue weighted by molar-refractivity contribution is 0.0516. The second-order valence-electron chi connectivity index (χ2n) is 10.2. The first-order valence-electron chi connectivity index (χ1n) is 13.0. The van der Waals surface area contributed by atoms with Gasteiger partial charge in [-0.2, -0.15) is 12.7 Å². The number of carbonyl (C=O) groups excluding carboxylic acids is 1. The number of piperidine rings is 1. The lowest BCUT2D eigenvalue weighted by Gasteiger charge is -2.45. The van der Waals surface area contributed by atoms with Crippen molar-refractivity contribution in [1.29, 1.82) is 0 Å². The molecule has 2 heterocycles. The number of hydrogen-bond acceptors (Lipinski definition) is 9. The van der Waals surface area contributed by atoms with Gasteiger partial charge in [0.25, 0.3) is 10.2 Å². The van der Waals surface area contributed by atoms with Crippen LogP contribution >= 0.6 is 15.9 Å². The Balaban J connectivity index is 1.45. The van der Waals surface area contributed by atoms with Gasteiger partial charge in [-0.15, -0.1) is 0 Å². The highest BCUT2D eigenvalue weighted by molar-refractivity contribution is 9.10. The SMILES string of the molecule is Cc1ccc(C(=O)O/N=C(\Nc2ccc(F)c(Br)c2)c2nonc2NC2CN(S(N)(=O)=O)CC3CCCCC32)cc1. The molecule has 3 unspecified atom stereocenters. The first-order chi connectivity index (χ1) is 19.6. The van der Waals surface area contributed by atoms with Crippen LogP contribution in [0.2, 0.25) is 0 Å². The number of oxime groups is 1. The zero-order valence-corrected chi connectivity index (χ0v) is 24.5. The van der Waals surface area contributed by atoms with Crippen LogP contribution in [0.1, 0.15) is 47.3 Å². The zero-order chi connectivity index (χ0) is 29.1. The summed E-state index contributed by atoms with van der Waals surface area (Å²) in [6, 6.07) is 10.6. The fraction of sp³-hybridized carbons (Fsp3) is 0.385. The van der Waals surface area contributed by atoms with E-state index in [0.29, 0.717) is 12.2 Å². The van der Waals surface area contributed by atoms with E-state index in [-0.39, 0.29) is 51.8 Å². The van der Waals surface area contributed by atoms with Gasteiger partial charge in [0, 0.05) is 24.8 Å². The van der Waals surface area contributed by atoms with E-state index in [9.17, 15) is 17.6 Å². The minimum absolute atomic E-state index is 0.0491. The smallest absolute Gasteiger partial charge is 0.361 e. The molecule has 218 valence electrons. The minimum atomic E-state index is -3.91. The number of carbonyl (C=O) groups is 1. The normalized spacial score (nSPS) is 21.7. The summed E-state index contributed by atoms with van der Waals surface area (Å²) in [5, 5.41) is 23.8.